The minimum Gasteiger partial charge on any atom is -0.491 e. The van der Waals surface area contributed by atoms with Crippen molar-refractivity contribution < 1.29 is 9.84 Å². The SMILES string of the molecule is Cc1c(N2Cc3cccc(OCCO)c3C2)cn[nH]c1=O. The largest absolute Gasteiger partial charge is 0.491 e. The maximum absolute atomic E-state index is 11.7. The van der Waals surface area contributed by atoms with Crippen LogP contribution in [0, 0.1) is 6.92 Å². The van der Waals surface area contributed by atoms with Gasteiger partial charge < -0.3 is 14.7 Å². The number of hydrogen-bond donors (Lipinski definition) is 2. The average Bonchev–Trinajstić information content (AvgIpc) is 2.92. The summed E-state index contributed by atoms with van der Waals surface area (Å²) >= 11 is 0. The fourth-order valence-electron chi connectivity index (χ4n) is 2.62. The summed E-state index contributed by atoms with van der Waals surface area (Å²) in [4.78, 5) is 13.8. The molecule has 2 N–H and O–H groups in total. The van der Waals surface area contributed by atoms with Crippen molar-refractivity contribution >= 4 is 5.69 Å². The van der Waals surface area contributed by atoms with Gasteiger partial charge in [0.15, 0.2) is 0 Å². The second-order valence-electron chi connectivity index (χ2n) is 5.03. The molecule has 6 nitrogen and oxygen atoms in total. The lowest BCUT2D eigenvalue weighted by atomic mass is 10.1. The lowest BCUT2D eigenvalue weighted by Crippen LogP contribution is -2.21. The van der Waals surface area contributed by atoms with Crippen LogP contribution < -0.4 is 15.2 Å². The summed E-state index contributed by atoms with van der Waals surface area (Å²) < 4.78 is 5.58. The number of aliphatic hydroxyl groups excluding tert-OH is 1. The maximum Gasteiger partial charge on any atom is 0.269 e. The van der Waals surface area contributed by atoms with Gasteiger partial charge in [-0.2, -0.15) is 5.10 Å². The van der Waals surface area contributed by atoms with Gasteiger partial charge >= 0.3 is 0 Å². The molecule has 2 aromatic rings. The summed E-state index contributed by atoms with van der Waals surface area (Å²) in [6.45, 7) is 3.45. The van der Waals surface area contributed by atoms with E-state index in [1.165, 1.54) is 5.56 Å². The van der Waals surface area contributed by atoms with Crippen molar-refractivity contribution in [3.05, 3.63) is 51.4 Å². The lowest BCUT2D eigenvalue weighted by Gasteiger charge is -2.18. The molecule has 1 aromatic heterocycles. The van der Waals surface area contributed by atoms with Crippen LogP contribution in [0.4, 0.5) is 5.69 Å². The Kier molecular flexibility index (Phi) is 3.62. The van der Waals surface area contributed by atoms with Gasteiger partial charge in [-0.25, -0.2) is 5.10 Å². The number of ether oxygens (including phenoxy) is 1. The summed E-state index contributed by atoms with van der Waals surface area (Å²) in [5, 5.41) is 15.2. The number of rotatable bonds is 4. The van der Waals surface area contributed by atoms with E-state index in [2.05, 4.69) is 21.2 Å². The van der Waals surface area contributed by atoms with Crippen LogP contribution in [0.3, 0.4) is 0 Å². The van der Waals surface area contributed by atoms with E-state index >= 15 is 0 Å². The van der Waals surface area contributed by atoms with Crippen molar-refractivity contribution in [1.82, 2.24) is 10.2 Å². The molecule has 0 fully saturated rings. The highest BCUT2D eigenvalue weighted by molar-refractivity contribution is 5.57. The molecule has 0 radical (unpaired) electrons. The zero-order valence-electron chi connectivity index (χ0n) is 11.8. The molecule has 0 unspecified atom stereocenters. The number of nitrogens with zero attached hydrogens (tertiary/aromatic N) is 2. The highest BCUT2D eigenvalue weighted by Crippen LogP contribution is 2.34. The van der Waals surface area contributed by atoms with E-state index in [9.17, 15) is 4.79 Å². The van der Waals surface area contributed by atoms with E-state index in [1.54, 1.807) is 13.1 Å². The normalized spacial score (nSPS) is 13.3. The van der Waals surface area contributed by atoms with Crippen LogP contribution >= 0.6 is 0 Å². The third kappa shape index (κ3) is 2.50. The Balaban J connectivity index is 1.91. The fourth-order valence-corrected chi connectivity index (χ4v) is 2.62. The number of nitrogens with one attached hydrogen (secondary N) is 1. The van der Waals surface area contributed by atoms with E-state index < -0.39 is 0 Å². The van der Waals surface area contributed by atoms with E-state index in [-0.39, 0.29) is 18.8 Å². The number of H-pyrrole nitrogens is 1. The topological polar surface area (TPSA) is 78.5 Å². The highest BCUT2D eigenvalue weighted by Gasteiger charge is 2.24. The lowest BCUT2D eigenvalue weighted by molar-refractivity contribution is 0.200. The Labute approximate surface area is 122 Å². The molecule has 0 aliphatic carbocycles. The van der Waals surface area contributed by atoms with Gasteiger partial charge in [0.1, 0.15) is 12.4 Å². The molecule has 0 atom stereocenters. The molecule has 110 valence electrons. The second-order valence-corrected chi connectivity index (χ2v) is 5.03. The molecule has 0 saturated carbocycles. The zero-order valence-corrected chi connectivity index (χ0v) is 11.8. The molecule has 0 spiro atoms. The van der Waals surface area contributed by atoms with E-state index in [1.807, 2.05) is 12.1 Å². The summed E-state index contributed by atoms with van der Waals surface area (Å²) in [5.41, 5.74) is 3.61. The van der Waals surface area contributed by atoms with Gasteiger partial charge in [-0.1, -0.05) is 12.1 Å². The van der Waals surface area contributed by atoms with Crippen molar-refractivity contribution in [2.45, 2.75) is 20.0 Å². The van der Waals surface area contributed by atoms with Gasteiger partial charge in [0.25, 0.3) is 5.56 Å². The minimum atomic E-state index is -0.166. The van der Waals surface area contributed by atoms with E-state index in [0.717, 1.165) is 23.5 Å². The van der Waals surface area contributed by atoms with Gasteiger partial charge in [-0.05, 0) is 18.6 Å². The third-order valence-corrected chi connectivity index (χ3v) is 3.71. The Bertz CT molecular complexity index is 712. The van der Waals surface area contributed by atoms with Crippen molar-refractivity contribution in [1.29, 1.82) is 0 Å². The predicted octanol–water partition coefficient (Wildman–Crippen LogP) is 0.970. The smallest absolute Gasteiger partial charge is 0.269 e. The molecule has 0 saturated heterocycles. The molecule has 21 heavy (non-hydrogen) atoms. The van der Waals surface area contributed by atoms with Crippen molar-refractivity contribution in [3.63, 3.8) is 0 Å². The van der Waals surface area contributed by atoms with Crippen molar-refractivity contribution in [2.75, 3.05) is 18.1 Å². The summed E-state index contributed by atoms with van der Waals surface area (Å²) in [6, 6.07) is 5.90. The summed E-state index contributed by atoms with van der Waals surface area (Å²) in [7, 11) is 0. The van der Waals surface area contributed by atoms with Gasteiger partial charge in [-0.15, -0.1) is 0 Å². The molecule has 1 aromatic carbocycles. The van der Waals surface area contributed by atoms with Gasteiger partial charge in [-0.3, -0.25) is 4.79 Å². The predicted molar refractivity (Wildman–Crippen MR) is 78.5 cm³/mol. The standard InChI is InChI=1S/C15H17N3O3/c1-10-13(7-16-17-15(10)20)18-8-11-3-2-4-14(12(11)9-18)21-6-5-19/h2-4,7,19H,5-6,8-9H2,1H3,(H,17,20). The number of aliphatic hydroxyl groups is 1. The first-order valence-corrected chi connectivity index (χ1v) is 6.84. The number of anilines is 1. The van der Waals surface area contributed by atoms with E-state index in [4.69, 9.17) is 9.84 Å². The number of benzene rings is 1. The van der Waals surface area contributed by atoms with Crippen LogP contribution in [0.15, 0.2) is 29.2 Å². The molecule has 0 bridgehead atoms. The molecular weight excluding hydrogens is 270 g/mol. The van der Waals surface area contributed by atoms with Gasteiger partial charge in [0.05, 0.1) is 18.5 Å². The highest BCUT2D eigenvalue weighted by atomic mass is 16.5. The second kappa shape index (κ2) is 5.57. The first-order chi connectivity index (χ1) is 10.2. The molecule has 6 heteroatoms. The first-order valence-electron chi connectivity index (χ1n) is 6.84. The van der Waals surface area contributed by atoms with Gasteiger partial charge in [0, 0.05) is 24.2 Å². The summed E-state index contributed by atoms with van der Waals surface area (Å²) in [6.07, 6.45) is 1.68. The van der Waals surface area contributed by atoms with Crippen molar-refractivity contribution in [3.8, 4) is 5.75 Å². The molecule has 1 aliphatic rings. The Hall–Kier alpha value is -2.34. The van der Waals surface area contributed by atoms with Crippen LogP contribution in [0.25, 0.3) is 0 Å². The third-order valence-electron chi connectivity index (χ3n) is 3.71. The molecule has 2 heterocycles. The van der Waals surface area contributed by atoms with Crippen LogP contribution in [-0.4, -0.2) is 28.5 Å². The average molecular weight is 287 g/mol. The van der Waals surface area contributed by atoms with Crippen LogP contribution in [0.1, 0.15) is 16.7 Å². The number of fused-ring (bicyclic) bond motifs is 1. The van der Waals surface area contributed by atoms with Crippen molar-refractivity contribution in [2.24, 2.45) is 0 Å². The Morgan fingerprint density at radius 1 is 1.43 bits per heavy atom. The quantitative estimate of drug-likeness (QED) is 0.876. The van der Waals surface area contributed by atoms with Gasteiger partial charge in [0.2, 0.25) is 0 Å². The molecule has 3 rings (SSSR count). The van der Waals surface area contributed by atoms with Crippen LogP contribution in [-0.2, 0) is 13.1 Å². The number of aromatic amines is 1. The van der Waals surface area contributed by atoms with Crippen LogP contribution in [0.5, 0.6) is 5.75 Å². The first kappa shape index (κ1) is 13.6. The minimum absolute atomic E-state index is 0.00945. The Morgan fingerprint density at radius 2 is 2.29 bits per heavy atom. The fraction of sp³-hybridized carbons (Fsp3) is 0.333. The number of hydrogen-bond acceptors (Lipinski definition) is 5. The van der Waals surface area contributed by atoms with Crippen LogP contribution in [0.2, 0.25) is 0 Å². The van der Waals surface area contributed by atoms with E-state index in [0.29, 0.717) is 12.1 Å². The zero-order chi connectivity index (χ0) is 14.8. The Morgan fingerprint density at radius 3 is 3.10 bits per heavy atom. The maximum atomic E-state index is 11.7. The number of aromatic nitrogens is 2. The molecule has 1 aliphatic heterocycles. The molecular formula is C15H17N3O3. The molecule has 0 amide bonds. The monoisotopic (exact) mass is 287 g/mol. The summed E-state index contributed by atoms with van der Waals surface area (Å²) in [5.74, 6) is 0.791.